The Hall–Kier alpha value is -1.66. The number of nitrogens with one attached hydrogen (secondary N) is 1. The lowest BCUT2D eigenvalue weighted by atomic mass is 10.1. The van der Waals surface area contributed by atoms with Crippen LogP contribution in [0.25, 0.3) is 0 Å². The van der Waals surface area contributed by atoms with Crippen molar-refractivity contribution in [2.24, 2.45) is 0 Å². The summed E-state index contributed by atoms with van der Waals surface area (Å²) in [7, 11) is 3.06. The maximum Gasteiger partial charge on any atom is 0.253 e. The Labute approximate surface area is 105 Å². The van der Waals surface area contributed by atoms with Crippen LogP contribution in [0.15, 0.2) is 18.2 Å². The van der Waals surface area contributed by atoms with Gasteiger partial charge in [-0.2, -0.15) is 0 Å². The molecule has 0 aliphatic carbocycles. The Bertz CT molecular complexity index is 412. The van der Waals surface area contributed by atoms with Crippen molar-refractivity contribution < 1.29 is 18.7 Å². The summed E-state index contributed by atoms with van der Waals surface area (Å²) in [5, 5.41) is 2.61. The minimum Gasteiger partial charge on any atom is -0.398 e. The highest BCUT2D eigenvalue weighted by molar-refractivity contribution is 5.99. The van der Waals surface area contributed by atoms with Gasteiger partial charge in [-0.25, -0.2) is 4.39 Å². The fourth-order valence-corrected chi connectivity index (χ4v) is 1.42. The maximum atomic E-state index is 13.0. The van der Waals surface area contributed by atoms with Crippen molar-refractivity contribution in [1.29, 1.82) is 0 Å². The van der Waals surface area contributed by atoms with Crippen LogP contribution in [0, 0.1) is 5.82 Å². The number of rotatable bonds is 6. The van der Waals surface area contributed by atoms with Gasteiger partial charge in [0.2, 0.25) is 0 Å². The first-order valence-corrected chi connectivity index (χ1v) is 5.43. The summed E-state index contributed by atoms with van der Waals surface area (Å²) in [5.41, 5.74) is 5.95. The predicted molar refractivity (Wildman–Crippen MR) is 65.8 cm³/mol. The summed E-state index contributed by atoms with van der Waals surface area (Å²) in [6.07, 6.45) is -0.256. The highest BCUT2D eigenvalue weighted by Crippen LogP contribution is 2.12. The number of hydrogen-bond acceptors (Lipinski definition) is 4. The van der Waals surface area contributed by atoms with Gasteiger partial charge >= 0.3 is 0 Å². The van der Waals surface area contributed by atoms with Crippen molar-refractivity contribution in [2.75, 3.05) is 33.1 Å². The van der Waals surface area contributed by atoms with E-state index >= 15 is 0 Å². The van der Waals surface area contributed by atoms with Gasteiger partial charge in [-0.15, -0.1) is 0 Å². The van der Waals surface area contributed by atoms with Crippen LogP contribution in [-0.4, -0.2) is 39.4 Å². The lowest BCUT2D eigenvalue weighted by molar-refractivity contribution is 0.0285. The number of ether oxygens (including phenoxy) is 2. The summed E-state index contributed by atoms with van der Waals surface area (Å²) < 4.78 is 23.0. The summed E-state index contributed by atoms with van der Waals surface area (Å²) in [6, 6.07) is 3.66. The molecule has 0 aliphatic rings. The van der Waals surface area contributed by atoms with E-state index in [0.717, 1.165) is 6.07 Å². The van der Waals surface area contributed by atoms with Gasteiger partial charge in [-0.05, 0) is 18.2 Å². The normalized spacial score (nSPS) is 12.2. The van der Waals surface area contributed by atoms with Crippen molar-refractivity contribution in [2.45, 2.75) is 6.10 Å². The predicted octanol–water partition coefficient (Wildman–Crippen LogP) is 0.799. The number of amides is 1. The molecule has 0 radical (unpaired) electrons. The molecule has 0 aromatic heterocycles. The molecule has 1 atom stereocenters. The van der Waals surface area contributed by atoms with Crippen LogP contribution in [0.1, 0.15) is 10.4 Å². The molecule has 3 N–H and O–H groups in total. The van der Waals surface area contributed by atoms with Crippen LogP contribution in [-0.2, 0) is 9.47 Å². The number of methoxy groups -OCH3 is 2. The molecule has 1 unspecified atom stereocenters. The topological polar surface area (TPSA) is 73.6 Å². The molecule has 1 aromatic carbocycles. The molecule has 0 aliphatic heterocycles. The van der Waals surface area contributed by atoms with Crippen LogP contribution in [0.3, 0.4) is 0 Å². The van der Waals surface area contributed by atoms with Crippen molar-refractivity contribution in [3.63, 3.8) is 0 Å². The van der Waals surface area contributed by atoms with Crippen molar-refractivity contribution in [1.82, 2.24) is 5.32 Å². The molecular weight excluding hydrogens is 239 g/mol. The highest BCUT2D eigenvalue weighted by Gasteiger charge is 2.13. The van der Waals surface area contributed by atoms with Gasteiger partial charge in [0.1, 0.15) is 5.82 Å². The number of nitrogens with two attached hydrogens (primary N) is 1. The highest BCUT2D eigenvalue weighted by atomic mass is 19.1. The molecule has 1 aromatic rings. The molecule has 100 valence electrons. The summed E-state index contributed by atoms with van der Waals surface area (Å²) in [5.74, 6) is -0.945. The Morgan fingerprint density at radius 3 is 2.83 bits per heavy atom. The van der Waals surface area contributed by atoms with E-state index in [4.69, 9.17) is 15.2 Å². The van der Waals surface area contributed by atoms with Crippen LogP contribution >= 0.6 is 0 Å². The van der Waals surface area contributed by atoms with Gasteiger partial charge in [0, 0.05) is 26.5 Å². The third kappa shape index (κ3) is 3.97. The van der Waals surface area contributed by atoms with Crippen molar-refractivity contribution in [3.05, 3.63) is 29.6 Å². The quantitative estimate of drug-likeness (QED) is 0.738. The summed E-state index contributed by atoms with van der Waals surface area (Å²) in [6.45, 7) is 0.620. The van der Waals surface area contributed by atoms with Crippen molar-refractivity contribution in [3.8, 4) is 0 Å². The molecule has 0 fully saturated rings. The van der Waals surface area contributed by atoms with Crippen LogP contribution < -0.4 is 11.1 Å². The third-order valence-electron chi connectivity index (χ3n) is 2.44. The first-order valence-electron chi connectivity index (χ1n) is 5.43. The van der Waals surface area contributed by atoms with E-state index in [-0.39, 0.29) is 23.9 Å². The minimum absolute atomic E-state index is 0.113. The first-order chi connectivity index (χ1) is 8.58. The van der Waals surface area contributed by atoms with Gasteiger partial charge < -0.3 is 20.5 Å². The second-order valence-corrected chi connectivity index (χ2v) is 3.75. The SMILES string of the molecule is COCC(CNC(=O)c1cc(F)ccc1N)OC. The van der Waals surface area contributed by atoms with Crippen LogP contribution in [0.2, 0.25) is 0 Å². The van der Waals surface area contributed by atoms with Gasteiger partial charge in [0.25, 0.3) is 5.91 Å². The largest absolute Gasteiger partial charge is 0.398 e. The Kier molecular flexibility index (Phi) is 5.54. The zero-order chi connectivity index (χ0) is 13.5. The Balaban J connectivity index is 2.62. The molecule has 6 heteroatoms. The first kappa shape index (κ1) is 14.4. The van der Waals surface area contributed by atoms with Gasteiger partial charge in [-0.3, -0.25) is 4.79 Å². The fraction of sp³-hybridized carbons (Fsp3) is 0.417. The van der Waals surface area contributed by atoms with Gasteiger partial charge in [0.15, 0.2) is 0 Å². The van der Waals surface area contributed by atoms with Gasteiger partial charge in [0.05, 0.1) is 18.3 Å². The molecule has 0 saturated heterocycles. The van der Waals surface area contributed by atoms with E-state index in [9.17, 15) is 9.18 Å². The number of hydrogen-bond donors (Lipinski definition) is 2. The Morgan fingerprint density at radius 1 is 1.50 bits per heavy atom. The standard InChI is InChI=1S/C12H17FN2O3/c1-17-7-9(18-2)6-15-12(16)10-5-8(13)3-4-11(10)14/h3-5,9H,6-7,14H2,1-2H3,(H,15,16). The zero-order valence-corrected chi connectivity index (χ0v) is 10.4. The molecule has 1 rings (SSSR count). The number of anilines is 1. The molecule has 0 heterocycles. The third-order valence-corrected chi connectivity index (χ3v) is 2.44. The molecule has 0 saturated carbocycles. The van der Waals surface area contributed by atoms with E-state index in [2.05, 4.69) is 5.32 Å². The molecule has 1 amide bonds. The number of carbonyl (C=O) groups excluding carboxylic acids is 1. The number of nitrogen functional groups attached to an aromatic ring is 1. The van der Waals surface area contributed by atoms with Crippen LogP contribution in [0.5, 0.6) is 0 Å². The molecule has 0 spiro atoms. The van der Waals surface area contributed by atoms with E-state index in [1.165, 1.54) is 19.2 Å². The van der Waals surface area contributed by atoms with Gasteiger partial charge in [-0.1, -0.05) is 0 Å². The average molecular weight is 256 g/mol. The Morgan fingerprint density at radius 2 is 2.22 bits per heavy atom. The second-order valence-electron chi connectivity index (χ2n) is 3.75. The van der Waals surface area contributed by atoms with Crippen LogP contribution in [0.4, 0.5) is 10.1 Å². The second kappa shape index (κ2) is 6.93. The lowest BCUT2D eigenvalue weighted by Gasteiger charge is -2.15. The zero-order valence-electron chi connectivity index (χ0n) is 10.4. The fourth-order valence-electron chi connectivity index (χ4n) is 1.42. The van der Waals surface area contributed by atoms with E-state index in [1.54, 1.807) is 7.11 Å². The molecule has 5 nitrogen and oxygen atoms in total. The minimum atomic E-state index is -0.505. The lowest BCUT2D eigenvalue weighted by Crippen LogP contribution is -2.35. The summed E-state index contributed by atoms with van der Waals surface area (Å²) in [4.78, 5) is 11.8. The number of benzene rings is 1. The average Bonchev–Trinajstić information content (AvgIpc) is 2.37. The maximum absolute atomic E-state index is 13.0. The monoisotopic (exact) mass is 256 g/mol. The molecule has 18 heavy (non-hydrogen) atoms. The van der Waals surface area contributed by atoms with E-state index < -0.39 is 11.7 Å². The smallest absolute Gasteiger partial charge is 0.253 e. The summed E-state index contributed by atoms with van der Waals surface area (Å²) >= 11 is 0. The van der Waals surface area contributed by atoms with E-state index in [0.29, 0.717) is 6.61 Å². The molecular formula is C12H17FN2O3. The number of carbonyl (C=O) groups is 1. The van der Waals surface area contributed by atoms with E-state index in [1.807, 2.05) is 0 Å². The number of halogens is 1. The molecule has 0 bridgehead atoms. The van der Waals surface area contributed by atoms with Crippen molar-refractivity contribution >= 4 is 11.6 Å².